The van der Waals surface area contributed by atoms with E-state index in [-0.39, 0.29) is 5.03 Å². The maximum atomic E-state index is 12.4. The van der Waals surface area contributed by atoms with Crippen molar-refractivity contribution in [2.45, 2.75) is 37.3 Å². The van der Waals surface area contributed by atoms with Gasteiger partial charge in [0, 0.05) is 19.8 Å². The molecule has 0 spiro atoms. The average molecular weight is 268 g/mol. The van der Waals surface area contributed by atoms with E-state index in [4.69, 9.17) is 5.26 Å². The Balaban J connectivity index is 2.38. The largest absolute Gasteiger partial charge is 0.337 e. The van der Waals surface area contributed by atoms with Crippen LogP contribution in [0.15, 0.2) is 11.2 Å². The highest BCUT2D eigenvalue weighted by atomic mass is 32.2. The first-order valence-electron chi connectivity index (χ1n) is 5.88. The van der Waals surface area contributed by atoms with Gasteiger partial charge < -0.3 is 4.57 Å². The number of hydrogen-bond acceptors (Lipinski definition) is 4. The van der Waals surface area contributed by atoms with Crippen molar-refractivity contribution in [2.75, 3.05) is 6.54 Å². The summed E-state index contributed by atoms with van der Waals surface area (Å²) in [7, 11) is -1.90. The van der Waals surface area contributed by atoms with Gasteiger partial charge in [-0.3, -0.25) is 0 Å². The Morgan fingerprint density at radius 3 is 2.78 bits per heavy atom. The van der Waals surface area contributed by atoms with E-state index in [9.17, 15) is 8.42 Å². The SMILES string of the molecule is Cc1nc(S(=O)(=O)N2CCCCC2C#N)cn1C. The number of piperidine rings is 1. The first kappa shape index (κ1) is 13.1. The van der Waals surface area contributed by atoms with Gasteiger partial charge in [-0.1, -0.05) is 0 Å². The van der Waals surface area contributed by atoms with E-state index in [1.54, 1.807) is 18.5 Å². The third-order valence-corrected chi connectivity index (χ3v) is 5.04. The van der Waals surface area contributed by atoms with E-state index >= 15 is 0 Å². The fourth-order valence-electron chi connectivity index (χ4n) is 2.09. The summed E-state index contributed by atoms with van der Waals surface area (Å²) in [5.41, 5.74) is 0. The Morgan fingerprint density at radius 2 is 2.22 bits per heavy atom. The molecule has 1 fully saturated rings. The number of aryl methyl sites for hydroxylation is 2. The lowest BCUT2D eigenvalue weighted by Crippen LogP contribution is -2.42. The van der Waals surface area contributed by atoms with Crippen molar-refractivity contribution in [3.05, 3.63) is 12.0 Å². The number of sulfonamides is 1. The maximum Gasteiger partial charge on any atom is 0.263 e. The third kappa shape index (κ3) is 2.13. The summed E-state index contributed by atoms with van der Waals surface area (Å²) in [5, 5.41) is 9.08. The Morgan fingerprint density at radius 1 is 1.50 bits per heavy atom. The van der Waals surface area contributed by atoms with E-state index in [0.29, 0.717) is 18.8 Å². The molecule has 18 heavy (non-hydrogen) atoms. The second-order valence-electron chi connectivity index (χ2n) is 4.49. The number of rotatable bonds is 2. The first-order chi connectivity index (χ1) is 8.46. The minimum Gasteiger partial charge on any atom is -0.337 e. The molecule has 98 valence electrons. The van der Waals surface area contributed by atoms with Crippen molar-refractivity contribution in [2.24, 2.45) is 7.05 Å². The van der Waals surface area contributed by atoms with Gasteiger partial charge in [-0.25, -0.2) is 13.4 Å². The molecule has 0 saturated carbocycles. The van der Waals surface area contributed by atoms with Gasteiger partial charge in [0.05, 0.1) is 6.07 Å². The van der Waals surface area contributed by atoms with Crippen LogP contribution in [-0.4, -0.2) is 34.9 Å². The molecule has 0 bridgehead atoms. The first-order valence-corrected chi connectivity index (χ1v) is 7.32. The zero-order valence-electron chi connectivity index (χ0n) is 10.5. The van der Waals surface area contributed by atoms with Crippen LogP contribution in [0.25, 0.3) is 0 Å². The van der Waals surface area contributed by atoms with E-state index in [1.807, 2.05) is 0 Å². The predicted octanol–water partition coefficient (Wildman–Crippen LogP) is 0.795. The lowest BCUT2D eigenvalue weighted by Gasteiger charge is -2.29. The number of imidazole rings is 1. The normalized spacial score (nSPS) is 21.7. The molecule has 0 aliphatic carbocycles. The molecule has 2 heterocycles. The highest BCUT2D eigenvalue weighted by molar-refractivity contribution is 7.89. The van der Waals surface area contributed by atoms with Crippen LogP contribution in [0.5, 0.6) is 0 Å². The molecule has 1 aromatic rings. The molecule has 0 N–H and O–H groups in total. The van der Waals surface area contributed by atoms with Crippen LogP contribution in [-0.2, 0) is 17.1 Å². The van der Waals surface area contributed by atoms with Gasteiger partial charge in [-0.2, -0.15) is 9.57 Å². The van der Waals surface area contributed by atoms with Gasteiger partial charge in [-0.15, -0.1) is 0 Å². The molecular weight excluding hydrogens is 252 g/mol. The molecule has 0 aromatic carbocycles. The topological polar surface area (TPSA) is 79.0 Å². The van der Waals surface area contributed by atoms with E-state index in [1.165, 1.54) is 10.5 Å². The van der Waals surface area contributed by atoms with Gasteiger partial charge in [0.1, 0.15) is 11.9 Å². The quantitative estimate of drug-likeness (QED) is 0.794. The maximum absolute atomic E-state index is 12.4. The van der Waals surface area contributed by atoms with Gasteiger partial charge >= 0.3 is 0 Å². The second-order valence-corrected chi connectivity index (χ2v) is 6.33. The molecule has 1 aromatic heterocycles. The van der Waals surface area contributed by atoms with Gasteiger partial charge in [-0.05, 0) is 26.2 Å². The standard InChI is InChI=1S/C11H16N4O2S/c1-9-13-11(8-14(9)2)18(16,17)15-6-4-3-5-10(15)7-12/h8,10H,3-6H2,1-2H3. The number of nitrogens with zero attached hydrogens (tertiary/aromatic N) is 4. The molecule has 7 heteroatoms. The van der Waals surface area contributed by atoms with Crippen molar-refractivity contribution in [1.29, 1.82) is 5.26 Å². The average Bonchev–Trinajstić information content (AvgIpc) is 2.70. The van der Waals surface area contributed by atoms with Crippen LogP contribution < -0.4 is 0 Å². The van der Waals surface area contributed by atoms with Crippen molar-refractivity contribution in [3.8, 4) is 6.07 Å². The zero-order valence-corrected chi connectivity index (χ0v) is 11.3. The molecule has 1 aliphatic heterocycles. The lowest BCUT2D eigenvalue weighted by molar-refractivity contribution is 0.296. The van der Waals surface area contributed by atoms with Crippen LogP contribution in [0.4, 0.5) is 0 Å². The number of nitriles is 1. The van der Waals surface area contributed by atoms with Crippen LogP contribution in [0.3, 0.4) is 0 Å². The molecule has 1 saturated heterocycles. The summed E-state index contributed by atoms with van der Waals surface area (Å²) in [6.07, 6.45) is 3.78. The number of hydrogen-bond donors (Lipinski definition) is 0. The summed E-state index contributed by atoms with van der Waals surface area (Å²) in [5.74, 6) is 0.638. The van der Waals surface area contributed by atoms with Crippen molar-refractivity contribution < 1.29 is 8.42 Å². The molecule has 1 aliphatic rings. The fraction of sp³-hybridized carbons (Fsp3) is 0.636. The highest BCUT2D eigenvalue weighted by Crippen LogP contribution is 2.24. The zero-order chi connectivity index (χ0) is 13.3. The Hall–Kier alpha value is -1.39. The van der Waals surface area contributed by atoms with Crippen LogP contribution >= 0.6 is 0 Å². The fourth-order valence-corrected chi connectivity index (χ4v) is 3.73. The van der Waals surface area contributed by atoms with E-state index in [0.717, 1.165) is 12.8 Å². The summed E-state index contributed by atoms with van der Waals surface area (Å²) in [6, 6.07) is 1.50. The van der Waals surface area contributed by atoms with Gasteiger partial charge in [0.25, 0.3) is 10.0 Å². The summed E-state index contributed by atoms with van der Waals surface area (Å²) in [6.45, 7) is 2.15. The molecule has 0 radical (unpaired) electrons. The molecular formula is C11H16N4O2S. The van der Waals surface area contributed by atoms with Crippen molar-refractivity contribution in [1.82, 2.24) is 13.9 Å². The summed E-state index contributed by atoms with van der Waals surface area (Å²) in [4.78, 5) is 4.05. The monoisotopic (exact) mass is 268 g/mol. The van der Waals surface area contributed by atoms with Crippen molar-refractivity contribution >= 4 is 10.0 Å². The molecule has 1 unspecified atom stereocenters. The van der Waals surface area contributed by atoms with Crippen LogP contribution in [0.1, 0.15) is 25.1 Å². The predicted molar refractivity (Wildman–Crippen MR) is 65.1 cm³/mol. The molecule has 2 rings (SSSR count). The minimum atomic E-state index is -3.65. The Labute approximate surface area is 107 Å². The third-order valence-electron chi connectivity index (χ3n) is 3.26. The number of aromatic nitrogens is 2. The van der Waals surface area contributed by atoms with Crippen LogP contribution in [0.2, 0.25) is 0 Å². The molecule has 0 amide bonds. The Bertz CT molecular complexity index is 565. The van der Waals surface area contributed by atoms with Crippen LogP contribution in [0, 0.1) is 18.3 Å². The minimum absolute atomic E-state index is 0.0321. The smallest absolute Gasteiger partial charge is 0.263 e. The van der Waals surface area contributed by atoms with Gasteiger partial charge in [0.2, 0.25) is 0 Å². The second kappa shape index (κ2) is 4.71. The van der Waals surface area contributed by atoms with E-state index < -0.39 is 16.1 Å². The summed E-state index contributed by atoms with van der Waals surface area (Å²) < 4.78 is 27.8. The van der Waals surface area contributed by atoms with Gasteiger partial charge in [0.15, 0.2) is 5.03 Å². The highest BCUT2D eigenvalue weighted by Gasteiger charge is 2.35. The molecule has 6 nitrogen and oxygen atoms in total. The van der Waals surface area contributed by atoms with E-state index in [2.05, 4.69) is 11.1 Å². The lowest BCUT2D eigenvalue weighted by atomic mass is 10.1. The van der Waals surface area contributed by atoms with Crippen molar-refractivity contribution in [3.63, 3.8) is 0 Å². The Kier molecular flexibility index (Phi) is 3.41. The molecule has 1 atom stereocenters. The summed E-state index contributed by atoms with van der Waals surface area (Å²) >= 11 is 0.